The van der Waals surface area contributed by atoms with E-state index in [0.29, 0.717) is 11.3 Å². The van der Waals surface area contributed by atoms with E-state index >= 15 is 0 Å². The van der Waals surface area contributed by atoms with Crippen LogP contribution in [-0.4, -0.2) is 31.2 Å². The number of nitrogens with one attached hydrogen (secondary N) is 2. The van der Waals surface area contributed by atoms with Crippen LogP contribution in [0.4, 0.5) is 10.5 Å². The van der Waals surface area contributed by atoms with E-state index in [0.717, 1.165) is 5.69 Å². The summed E-state index contributed by atoms with van der Waals surface area (Å²) >= 11 is 0. The molecule has 124 valence electrons. The number of amides is 1. The lowest BCUT2D eigenvalue weighted by atomic mass is 10.2. The van der Waals surface area contributed by atoms with Gasteiger partial charge in [0.05, 0.1) is 6.33 Å². The summed E-state index contributed by atoms with van der Waals surface area (Å²) < 4.78 is 6.90. The number of anilines is 1. The number of hydrogen-bond acceptors (Lipinski definition) is 5. The van der Waals surface area contributed by atoms with Gasteiger partial charge >= 0.3 is 6.09 Å². The summed E-state index contributed by atoms with van der Waals surface area (Å²) in [5.41, 5.74) is 1.26. The Kier molecular flexibility index (Phi) is 3.80. The first kappa shape index (κ1) is 15.7. The van der Waals surface area contributed by atoms with Crippen LogP contribution in [0.3, 0.4) is 0 Å². The van der Waals surface area contributed by atoms with Crippen molar-refractivity contribution in [1.82, 2.24) is 19.5 Å². The highest BCUT2D eigenvalue weighted by Crippen LogP contribution is 2.17. The maximum Gasteiger partial charge on any atom is 0.412 e. The minimum absolute atomic E-state index is 0.272. The molecule has 0 radical (unpaired) electrons. The smallest absolute Gasteiger partial charge is 0.412 e. The van der Waals surface area contributed by atoms with Crippen molar-refractivity contribution in [2.75, 3.05) is 5.32 Å². The Balaban J connectivity index is 1.83. The zero-order valence-corrected chi connectivity index (χ0v) is 13.5. The molecule has 0 bridgehead atoms. The monoisotopic (exact) mass is 327 g/mol. The van der Waals surface area contributed by atoms with Crippen LogP contribution >= 0.6 is 0 Å². The lowest BCUT2D eigenvalue weighted by Gasteiger charge is -2.19. The highest BCUT2D eigenvalue weighted by molar-refractivity contribution is 5.85. The molecule has 0 unspecified atom stereocenters. The molecule has 0 saturated heterocycles. The van der Waals surface area contributed by atoms with Crippen LogP contribution < -0.4 is 10.9 Å². The van der Waals surface area contributed by atoms with Crippen molar-refractivity contribution in [2.24, 2.45) is 0 Å². The van der Waals surface area contributed by atoms with Crippen LogP contribution in [0.2, 0.25) is 0 Å². The van der Waals surface area contributed by atoms with Crippen molar-refractivity contribution < 1.29 is 9.53 Å². The Morgan fingerprint density at radius 1 is 1.21 bits per heavy atom. The Morgan fingerprint density at radius 2 is 1.92 bits per heavy atom. The molecule has 2 aromatic heterocycles. The third-order valence-electron chi connectivity index (χ3n) is 3.13. The fourth-order valence-corrected chi connectivity index (χ4v) is 2.16. The molecule has 0 aliphatic rings. The van der Waals surface area contributed by atoms with Crippen molar-refractivity contribution in [3.05, 3.63) is 47.3 Å². The van der Waals surface area contributed by atoms with Crippen LogP contribution in [0.5, 0.6) is 0 Å². The van der Waals surface area contributed by atoms with Crippen LogP contribution in [0.1, 0.15) is 20.8 Å². The van der Waals surface area contributed by atoms with Gasteiger partial charge in [-0.3, -0.25) is 14.7 Å². The molecule has 0 aliphatic heterocycles. The van der Waals surface area contributed by atoms with Gasteiger partial charge in [-0.15, -0.1) is 0 Å². The molecule has 8 nitrogen and oxygen atoms in total. The quantitative estimate of drug-likeness (QED) is 0.753. The predicted molar refractivity (Wildman–Crippen MR) is 89.3 cm³/mol. The summed E-state index contributed by atoms with van der Waals surface area (Å²) in [7, 11) is 0. The molecule has 0 atom stereocenters. The number of benzene rings is 1. The number of aromatic amines is 1. The van der Waals surface area contributed by atoms with Gasteiger partial charge in [-0.25, -0.2) is 14.8 Å². The third-order valence-corrected chi connectivity index (χ3v) is 3.13. The largest absolute Gasteiger partial charge is 0.444 e. The first-order valence-electron chi connectivity index (χ1n) is 7.35. The van der Waals surface area contributed by atoms with E-state index < -0.39 is 11.7 Å². The minimum atomic E-state index is -0.557. The van der Waals surface area contributed by atoms with E-state index in [1.54, 1.807) is 49.6 Å². The maximum atomic E-state index is 11.8. The molecule has 1 amide bonds. The van der Waals surface area contributed by atoms with E-state index in [1.807, 2.05) is 0 Å². The molecular formula is C16H17N5O3. The number of imidazole rings is 1. The number of H-pyrrole nitrogens is 1. The number of aromatic nitrogens is 4. The number of hydrogen-bond donors (Lipinski definition) is 2. The average Bonchev–Trinajstić information content (AvgIpc) is 2.91. The molecule has 0 saturated carbocycles. The fraction of sp³-hybridized carbons (Fsp3) is 0.250. The summed E-state index contributed by atoms with van der Waals surface area (Å²) in [5, 5.41) is 2.66. The van der Waals surface area contributed by atoms with Crippen molar-refractivity contribution in [3.8, 4) is 5.69 Å². The topological polar surface area (TPSA) is 102 Å². The SMILES string of the molecule is CC(C)(C)OC(=O)Nc1ccc(-n2cnc3c(=O)[nH]cnc32)cc1. The van der Waals surface area contributed by atoms with Crippen molar-refractivity contribution in [2.45, 2.75) is 26.4 Å². The number of ether oxygens (including phenoxy) is 1. The van der Waals surface area contributed by atoms with Gasteiger partial charge in [0.25, 0.3) is 5.56 Å². The highest BCUT2D eigenvalue weighted by Gasteiger charge is 2.16. The molecule has 0 aliphatic carbocycles. The van der Waals surface area contributed by atoms with Crippen molar-refractivity contribution in [1.29, 1.82) is 0 Å². The van der Waals surface area contributed by atoms with E-state index in [-0.39, 0.29) is 11.1 Å². The Morgan fingerprint density at radius 3 is 2.58 bits per heavy atom. The fourth-order valence-electron chi connectivity index (χ4n) is 2.16. The number of carbonyl (C=O) groups is 1. The van der Waals surface area contributed by atoms with Gasteiger partial charge in [-0.05, 0) is 45.0 Å². The molecule has 1 aromatic carbocycles. The summed E-state index contributed by atoms with van der Waals surface area (Å²) in [6.45, 7) is 5.40. The van der Waals surface area contributed by atoms with Crippen LogP contribution in [0.15, 0.2) is 41.7 Å². The van der Waals surface area contributed by atoms with Crippen LogP contribution in [0, 0.1) is 0 Å². The lowest BCUT2D eigenvalue weighted by Crippen LogP contribution is -2.27. The van der Waals surface area contributed by atoms with E-state index in [1.165, 1.54) is 12.7 Å². The van der Waals surface area contributed by atoms with Gasteiger partial charge in [0.15, 0.2) is 11.2 Å². The van der Waals surface area contributed by atoms with E-state index in [2.05, 4.69) is 20.3 Å². The zero-order chi connectivity index (χ0) is 17.3. The normalized spacial score (nSPS) is 11.5. The maximum absolute atomic E-state index is 11.8. The first-order valence-corrected chi connectivity index (χ1v) is 7.35. The summed E-state index contributed by atoms with van der Waals surface area (Å²) in [4.78, 5) is 34.1. The molecule has 3 aromatic rings. The minimum Gasteiger partial charge on any atom is -0.444 e. The lowest BCUT2D eigenvalue weighted by molar-refractivity contribution is 0.0636. The van der Waals surface area contributed by atoms with Crippen LogP contribution in [-0.2, 0) is 4.74 Å². The number of fused-ring (bicyclic) bond motifs is 1. The van der Waals surface area contributed by atoms with Gasteiger partial charge in [0.1, 0.15) is 11.9 Å². The van der Waals surface area contributed by atoms with Gasteiger partial charge in [0, 0.05) is 11.4 Å². The first-order chi connectivity index (χ1) is 11.3. The molecule has 2 N–H and O–H groups in total. The number of carbonyl (C=O) groups excluding carboxylic acids is 1. The highest BCUT2D eigenvalue weighted by atomic mass is 16.6. The summed E-state index contributed by atoms with van der Waals surface area (Å²) in [5.74, 6) is 0. The Labute approximate surface area is 137 Å². The molecule has 2 heterocycles. The standard InChI is InChI=1S/C16H17N5O3/c1-16(2,3)24-15(23)20-10-4-6-11(7-5-10)21-9-19-12-13(21)17-8-18-14(12)22/h4-9H,1-3H3,(H,20,23)(H,17,18,22). The number of nitrogens with zero attached hydrogens (tertiary/aromatic N) is 3. The molecular weight excluding hydrogens is 310 g/mol. The van der Waals surface area contributed by atoms with E-state index in [4.69, 9.17) is 4.74 Å². The Hall–Kier alpha value is -3.16. The molecule has 0 fully saturated rings. The van der Waals surface area contributed by atoms with Gasteiger partial charge in [-0.1, -0.05) is 0 Å². The van der Waals surface area contributed by atoms with Crippen molar-refractivity contribution >= 4 is 22.9 Å². The average molecular weight is 327 g/mol. The molecule has 24 heavy (non-hydrogen) atoms. The second-order valence-corrected chi connectivity index (χ2v) is 6.19. The number of rotatable bonds is 2. The summed E-state index contributed by atoms with van der Waals surface area (Å²) in [6, 6.07) is 7.05. The second kappa shape index (κ2) is 5.80. The third kappa shape index (κ3) is 3.27. The Bertz CT molecular complexity index is 935. The predicted octanol–water partition coefficient (Wildman–Crippen LogP) is 2.46. The molecule has 8 heteroatoms. The molecule has 3 rings (SSSR count). The van der Waals surface area contributed by atoms with Gasteiger partial charge < -0.3 is 9.72 Å². The second-order valence-electron chi connectivity index (χ2n) is 6.19. The van der Waals surface area contributed by atoms with Gasteiger partial charge in [0.2, 0.25) is 0 Å². The summed E-state index contributed by atoms with van der Waals surface area (Å²) in [6.07, 6.45) is 2.35. The van der Waals surface area contributed by atoms with Crippen molar-refractivity contribution in [3.63, 3.8) is 0 Å². The van der Waals surface area contributed by atoms with Crippen LogP contribution in [0.25, 0.3) is 16.9 Å². The van der Waals surface area contributed by atoms with E-state index in [9.17, 15) is 9.59 Å². The zero-order valence-electron chi connectivity index (χ0n) is 13.5. The van der Waals surface area contributed by atoms with Gasteiger partial charge in [-0.2, -0.15) is 0 Å². The molecule has 0 spiro atoms.